The van der Waals surface area contributed by atoms with E-state index in [1.54, 1.807) is 0 Å². The van der Waals surface area contributed by atoms with Gasteiger partial charge < -0.3 is 5.32 Å². The van der Waals surface area contributed by atoms with E-state index < -0.39 is 5.95 Å². The van der Waals surface area contributed by atoms with Gasteiger partial charge in [-0.1, -0.05) is 0 Å². The third-order valence-corrected chi connectivity index (χ3v) is 3.80. The minimum atomic E-state index is -0.480. The molecular weight excluding hydrogens is 213 g/mol. The van der Waals surface area contributed by atoms with Gasteiger partial charge in [0.15, 0.2) is 0 Å². The lowest BCUT2D eigenvalue weighted by molar-refractivity contribution is 0.579. The highest BCUT2D eigenvalue weighted by atomic mass is 32.2. The molecule has 82 valence electrons. The predicted octanol–water partition coefficient (Wildman–Crippen LogP) is 2.31. The topological polar surface area (TPSA) is 37.8 Å². The van der Waals surface area contributed by atoms with Gasteiger partial charge >= 0.3 is 0 Å². The molecule has 15 heavy (non-hydrogen) atoms. The molecule has 1 aliphatic rings. The van der Waals surface area contributed by atoms with Gasteiger partial charge in [0.1, 0.15) is 12.1 Å². The van der Waals surface area contributed by atoms with Crippen LogP contribution in [-0.2, 0) is 0 Å². The molecule has 5 heteroatoms. The van der Waals surface area contributed by atoms with E-state index >= 15 is 0 Å². The van der Waals surface area contributed by atoms with Gasteiger partial charge in [-0.25, -0.2) is 9.97 Å². The summed E-state index contributed by atoms with van der Waals surface area (Å²) in [5, 5.41) is 3.97. The summed E-state index contributed by atoms with van der Waals surface area (Å²) in [5.41, 5.74) is 0. The summed E-state index contributed by atoms with van der Waals surface area (Å²) in [6.07, 6.45) is 6.88. The average molecular weight is 227 g/mol. The molecular formula is C10H14FN3S. The smallest absolute Gasteiger partial charge is 0.217 e. The number of nitrogens with zero attached hydrogens (tertiary/aromatic N) is 2. The normalized spacial score (nSPS) is 25.5. The minimum Gasteiger partial charge on any atom is -0.367 e. The monoisotopic (exact) mass is 227 g/mol. The highest BCUT2D eigenvalue weighted by Gasteiger charge is 2.23. The van der Waals surface area contributed by atoms with Crippen LogP contribution in [0.1, 0.15) is 19.3 Å². The fourth-order valence-corrected chi connectivity index (χ4v) is 2.70. The summed E-state index contributed by atoms with van der Waals surface area (Å²) >= 11 is 1.90. The zero-order valence-corrected chi connectivity index (χ0v) is 9.43. The van der Waals surface area contributed by atoms with Crippen LogP contribution in [0.3, 0.4) is 0 Å². The second-order valence-corrected chi connectivity index (χ2v) is 4.88. The van der Waals surface area contributed by atoms with E-state index in [-0.39, 0.29) is 0 Å². The molecule has 0 amide bonds. The van der Waals surface area contributed by atoms with Crippen molar-refractivity contribution in [2.24, 2.45) is 0 Å². The van der Waals surface area contributed by atoms with Crippen molar-refractivity contribution in [3.63, 3.8) is 0 Å². The first kappa shape index (κ1) is 10.7. The van der Waals surface area contributed by atoms with Crippen LogP contribution in [0, 0.1) is 5.95 Å². The SMILES string of the molecule is CSC1CCC(Nc2cc(F)ncn2)C1. The molecule has 0 bridgehead atoms. The Bertz CT molecular complexity index is 334. The zero-order chi connectivity index (χ0) is 10.7. The van der Waals surface area contributed by atoms with Crippen LogP contribution in [0.15, 0.2) is 12.4 Å². The van der Waals surface area contributed by atoms with E-state index in [1.807, 2.05) is 11.8 Å². The number of nitrogens with one attached hydrogen (secondary N) is 1. The Kier molecular flexibility index (Phi) is 3.41. The highest BCUT2D eigenvalue weighted by molar-refractivity contribution is 7.99. The molecule has 3 nitrogen and oxygen atoms in total. The van der Waals surface area contributed by atoms with E-state index in [2.05, 4.69) is 21.5 Å². The first-order valence-electron chi connectivity index (χ1n) is 5.05. The largest absolute Gasteiger partial charge is 0.367 e. The van der Waals surface area contributed by atoms with Crippen LogP contribution in [0.2, 0.25) is 0 Å². The van der Waals surface area contributed by atoms with Gasteiger partial charge in [0.25, 0.3) is 0 Å². The van der Waals surface area contributed by atoms with E-state index in [4.69, 9.17) is 0 Å². The van der Waals surface area contributed by atoms with Crippen molar-refractivity contribution in [1.29, 1.82) is 0 Å². The van der Waals surface area contributed by atoms with Crippen LogP contribution < -0.4 is 5.32 Å². The van der Waals surface area contributed by atoms with Crippen LogP contribution in [0.25, 0.3) is 0 Å². The van der Waals surface area contributed by atoms with Crippen molar-refractivity contribution >= 4 is 17.6 Å². The van der Waals surface area contributed by atoms with Gasteiger partial charge in [-0.3, -0.25) is 0 Å². The molecule has 1 heterocycles. The third-order valence-electron chi connectivity index (χ3n) is 2.70. The Labute approximate surface area is 92.9 Å². The maximum absolute atomic E-state index is 12.8. The lowest BCUT2D eigenvalue weighted by Gasteiger charge is -2.12. The summed E-state index contributed by atoms with van der Waals surface area (Å²) in [7, 11) is 0. The molecule has 0 spiro atoms. The molecule has 1 fully saturated rings. The number of aromatic nitrogens is 2. The number of halogens is 1. The molecule has 0 aliphatic heterocycles. The quantitative estimate of drug-likeness (QED) is 0.804. The van der Waals surface area contributed by atoms with Crippen molar-refractivity contribution in [3.05, 3.63) is 18.3 Å². The highest BCUT2D eigenvalue weighted by Crippen LogP contribution is 2.29. The number of hydrogen-bond acceptors (Lipinski definition) is 4. The lowest BCUT2D eigenvalue weighted by Crippen LogP contribution is -2.17. The van der Waals surface area contributed by atoms with Crippen molar-refractivity contribution in [2.45, 2.75) is 30.6 Å². The molecule has 0 saturated heterocycles. The summed E-state index contributed by atoms with van der Waals surface area (Å²) < 4.78 is 12.8. The molecule has 2 rings (SSSR count). The second kappa shape index (κ2) is 4.79. The Morgan fingerprint density at radius 1 is 1.47 bits per heavy atom. The van der Waals surface area contributed by atoms with Gasteiger partial charge in [0.05, 0.1) is 0 Å². The zero-order valence-electron chi connectivity index (χ0n) is 8.61. The molecule has 0 radical (unpaired) electrons. The Morgan fingerprint density at radius 3 is 3.00 bits per heavy atom. The van der Waals surface area contributed by atoms with Crippen LogP contribution in [0.4, 0.5) is 10.2 Å². The Morgan fingerprint density at radius 2 is 2.33 bits per heavy atom. The average Bonchev–Trinajstić information content (AvgIpc) is 2.65. The number of rotatable bonds is 3. The lowest BCUT2D eigenvalue weighted by atomic mass is 10.2. The van der Waals surface area contributed by atoms with E-state index in [1.165, 1.54) is 18.8 Å². The van der Waals surface area contributed by atoms with Gasteiger partial charge in [0, 0.05) is 17.4 Å². The molecule has 1 aromatic heterocycles. The molecule has 2 atom stereocenters. The van der Waals surface area contributed by atoms with Crippen LogP contribution in [-0.4, -0.2) is 27.5 Å². The minimum absolute atomic E-state index is 0.428. The summed E-state index contributed by atoms with van der Waals surface area (Å²) in [5.74, 6) is 0.112. The van der Waals surface area contributed by atoms with Crippen molar-refractivity contribution in [1.82, 2.24) is 9.97 Å². The Hall–Kier alpha value is -0.840. The van der Waals surface area contributed by atoms with Crippen molar-refractivity contribution in [2.75, 3.05) is 11.6 Å². The van der Waals surface area contributed by atoms with Gasteiger partial charge in [-0.15, -0.1) is 0 Å². The molecule has 1 aromatic rings. The number of anilines is 1. The van der Waals surface area contributed by atoms with Gasteiger partial charge in [0.2, 0.25) is 5.95 Å². The number of hydrogen-bond donors (Lipinski definition) is 1. The standard InChI is InChI=1S/C10H14FN3S/c1-15-8-3-2-7(4-8)14-10-5-9(11)12-6-13-10/h5-8H,2-4H2,1H3,(H,12,13,14). The van der Waals surface area contributed by atoms with Crippen molar-refractivity contribution < 1.29 is 4.39 Å². The Balaban J connectivity index is 1.92. The predicted molar refractivity (Wildman–Crippen MR) is 60.6 cm³/mol. The van der Waals surface area contributed by atoms with Gasteiger partial charge in [-0.2, -0.15) is 16.2 Å². The summed E-state index contributed by atoms with van der Waals surface area (Å²) in [6.45, 7) is 0. The van der Waals surface area contributed by atoms with Gasteiger partial charge in [-0.05, 0) is 25.5 Å². The third kappa shape index (κ3) is 2.81. The summed E-state index contributed by atoms with van der Waals surface area (Å²) in [4.78, 5) is 7.41. The maximum atomic E-state index is 12.8. The molecule has 0 aromatic carbocycles. The van der Waals surface area contributed by atoms with E-state index in [9.17, 15) is 4.39 Å². The van der Waals surface area contributed by atoms with E-state index in [0.29, 0.717) is 11.9 Å². The first-order valence-corrected chi connectivity index (χ1v) is 6.33. The summed E-state index contributed by atoms with van der Waals surface area (Å²) in [6, 6.07) is 1.77. The fraction of sp³-hybridized carbons (Fsp3) is 0.600. The van der Waals surface area contributed by atoms with Crippen molar-refractivity contribution in [3.8, 4) is 0 Å². The first-order chi connectivity index (χ1) is 7.28. The molecule has 2 unspecified atom stereocenters. The van der Waals surface area contributed by atoms with Crippen LogP contribution in [0.5, 0.6) is 0 Å². The second-order valence-electron chi connectivity index (χ2n) is 3.74. The molecule has 1 N–H and O–H groups in total. The maximum Gasteiger partial charge on any atom is 0.217 e. The molecule has 1 saturated carbocycles. The van der Waals surface area contributed by atoms with Crippen LogP contribution >= 0.6 is 11.8 Å². The molecule has 1 aliphatic carbocycles. The van der Waals surface area contributed by atoms with E-state index in [0.717, 1.165) is 18.1 Å². The number of thioether (sulfide) groups is 1. The fourth-order valence-electron chi connectivity index (χ4n) is 1.91.